The fourth-order valence-corrected chi connectivity index (χ4v) is 2.51. The predicted molar refractivity (Wildman–Crippen MR) is 74.1 cm³/mol. The average molecular weight is 236 g/mol. The minimum absolute atomic E-state index is 0.233. The highest BCUT2D eigenvalue weighted by atomic mass is 14.9. The molecule has 0 amide bonds. The van der Waals surface area contributed by atoms with E-state index in [-0.39, 0.29) is 5.41 Å². The summed E-state index contributed by atoms with van der Waals surface area (Å²) < 4.78 is 0. The molecule has 2 heteroatoms. The third-order valence-corrected chi connectivity index (χ3v) is 3.93. The Morgan fingerprint density at radius 2 is 2.00 bits per heavy atom. The van der Waals surface area contributed by atoms with Gasteiger partial charge in [0.25, 0.3) is 0 Å². The minimum Gasteiger partial charge on any atom is -0.351 e. The Balaban J connectivity index is 2.57. The third-order valence-electron chi connectivity index (χ3n) is 3.93. The van der Waals surface area contributed by atoms with E-state index < -0.39 is 0 Å². The van der Waals surface area contributed by atoms with Crippen LogP contribution in [0.25, 0.3) is 0 Å². The zero-order valence-corrected chi connectivity index (χ0v) is 12.1. The Bertz CT molecular complexity index is 303. The number of nitrogens with zero attached hydrogens (tertiary/aromatic N) is 1. The fraction of sp³-hybridized carbons (Fsp3) is 0.800. The van der Waals surface area contributed by atoms with Crippen LogP contribution in [0.3, 0.4) is 0 Å². The van der Waals surface area contributed by atoms with Gasteiger partial charge in [-0.3, -0.25) is 0 Å². The highest BCUT2D eigenvalue weighted by Gasteiger charge is 2.28. The van der Waals surface area contributed by atoms with Gasteiger partial charge in [0.15, 0.2) is 0 Å². The first-order valence-electron chi connectivity index (χ1n) is 6.97. The van der Waals surface area contributed by atoms with Gasteiger partial charge < -0.3 is 4.98 Å². The van der Waals surface area contributed by atoms with Gasteiger partial charge in [0.2, 0.25) is 0 Å². The maximum absolute atomic E-state index is 4.45. The van der Waals surface area contributed by atoms with Crippen molar-refractivity contribution in [2.75, 3.05) is 0 Å². The van der Waals surface area contributed by atoms with Crippen LogP contribution in [-0.2, 0) is 5.41 Å². The monoisotopic (exact) mass is 236 g/mol. The standard InChI is InChI=1S/C15H28N2/c1-6-15(5,14-10-16-11-17-14)9-13(4)8-7-12(2)3/h10-13H,6-9H2,1-5H3,(H,16,17). The molecular weight excluding hydrogens is 208 g/mol. The summed E-state index contributed by atoms with van der Waals surface area (Å²) in [7, 11) is 0. The smallest absolute Gasteiger partial charge is 0.0923 e. The van der Waals surface area contributed by atoms with Crippen molar-refractivity contribution in [1.82, 2.24) is 9.97 Å². The Labute approximate surface area is 106 Å². The number of aromatic nitrogens is 2. The van der Waals surface area contributed by atoms with E-state index in [0.29, 0.717) is 0 Å². The van der Waals surface area contributed by atoms with Gasteiger partial charge in [0.1, 0.15) is 0 Å². The summed E-state index contributed by atoms with van der Waals surface area (Å²) in [4.78, 5) is 7.53. The van der Waals surface area contributed by atoms with E-state index >= 15 is 0 Å². The molecule has 1 rings (SSSR count). The summed E-state index contributed by atoms with van der Waals surface area (Å²) in [5, 5.41) is 0. The molecule has 0 spiro atoms. The van der Waals surface area contributed by atoms with Gasteiger partial charge in [-0.05, 0) is 24.7 Å². The summed E-state index contributed by atoms with van der Waals surface area (Å²) in [6, 6.07) is 0. The molecule has 0 bridgehead atoms. The highest BCUT2D eigenvalue weighted by Crippen LogP contribution is 2.34. The fourth-order valence-electron chi connectivity index (χ4n) is 2.51. The Morgan fingerprint density at radius 1 is 1.29 bits per heavy atom. The van der Waals surface area contributed by atoms with Crippen molar-refractivity contribution in [2.45, 2.75) is 65.7 Å². The number of imidazole rings is 1. The summed E-state index contributed by atoms with van der Waals surface area (Å²) in [6.07, 6.45) is 8.91. The first-order valence-corrected chi connectivity index (χ1v) is 6.97. The summed E-state index contributed by atoms with van der Waals surface area (Å²) in [5.74, 6) is 1.59. The van der Waals surface area contributed by atoms with E-state index in [9.17, 15) is 0 Å². The van der Waals surface area contributed by atoms with Gasteiger partial charge in [-0.15, -0.1) is 0 Å². The van der Waals surface area contributed by atoms with Gasteiger partial charge in [-0.1, -0.05) is 47.5 Å². The Hall–Kier alpha value is -0.790. The summed E-state index contributed by atoms with van der Waals surface area (Å²) in [6.45, 7) is 11.6. The van der Waals surface area contributed by atoms with E-state index in [1.807, 2.05) is 0 Å². The maximum Gasteiger partial charge on any atom is 0.0923 e. The lowest BCUT2D eigenvalue weighted by molar-refractivity contribution is 0.310. The topological polar surface area (TPSA) is 28.7 Å². The molecule has 2 nitrogen and oxygen atoms in total. The van der Waals surface area contributed by atoms with Crippen molar-refractivity contribution in [3.8, 4) is 0 Å². The van der Waals surface area contributed by atoms with Crippen LogP contribution in [0.2, 0.25) is 0 Å². The normalized spacial score (nSPS) is 17.1. The lowest BCUT2D eigenvalue weighted by atomic mass is 9.75. The molecule has 0 aromatic carbocycles. The molecule has 0 fully saturated rings. The second kappa shape index (κ2) is 6.23. The molecule has 1 heterocycles. The van der Waals surface area contributed by atoms with Crippen molar-refractivity contribution >= 4 is 0 Å². The van der Waals surface area contributed by atoms with E-state index in [2.05, 4.69) is 50.8 Å². The van der Waals surface area contributed by atoms with Crippen LogP contribution >= 0.6 is 0 Å². The first-order chi connectivity index (χ1) is 7.98. The van der Waals surface area contributed by atoms with Gasteiger partial charge >= 0.3 is 0 Å². The third kappa shape index (κ3) is 4.18. The van der Waals surface area contributed by atoms with Crippen molar-refractivity contribution in [3.05, 3.63) is 18.2 Å². The van der Waals surface area contributed by atoms with E-state index in [1.165, 1.54) is 25.0 Å². The molecule has 2 atom stereocenters. The van der Waals surface area contributed by atoms with Crippen LogP contribution in [0.1, 0.15) is 66.0 Å². The summed E-state index contributed by atoms with van der Waals surface area (Å²) >= 11 is 0. The molecular formula is C15H28N2. The molecule has 0 radical (unpaired) electrons. The molecule has 0 aliphatic carbocycles. The SMILES string of the molecule is CCC(C)(CC(C)CCC(C)C)c1c[nH]cn1. The Kier molecular flexibility index (Phi) is 5.23. The average Bonchev–Trinajstić information content (AvgIpc) is 2.80. The van der Waals surface area contributed by atoms with Crippen LogP contribution in [0, 0.1) is 11.8 Å². The number of aromatic amines is 1. The number of H-pyrrole nitrogens is 1. The molecule has 17 heavy (non-hydrogen) atoms. The number of hydrogen-bond donors (Lipinski definition) is 1. The van der Waals surface area contributed by atoms with Crippen LogP contribution in [0.5, 0.6) is 0 Å². The molecule has 2 unspecified atom stereocenters. The largest absolute Gasteiger partial charge is 0.351 e. The molecule has 1 N–H and O–H groups in total. The van der Waals surface area contributed by atoms with Crippen molar-refractivity contribution in [3.63, 3.8) is 0 Å². The van der Waals surface area contributed by atoms with E-state index in [4.69, 9.17) is 0 Å². The zero-order valence-electron chi connectivity index (χ0n) is 12.1. The van der Waals surface area contributed by atoms with Crippen molar-refractivity contribution < 1.29 is 0 Å². The first kappa shape index (κ1) is 14.3. The van der Waals surface area contributed by atoms with Crippen LogP contribution in [-0.4, -0.2) is 9.97 Å². The van der Waals surface area contributed by atoms with Gasteiger partial charge in [0, 0.05) is 11.6 Å². The van der Waals surface area contributed by atoms with E-state index in [1.54, 1.807) is 6.33 Å². The van der Waals surface area contributed by atoms with Crippen molar-refractivity contribution in [1.29, 1.82) is 0 Å². The molecule has 0 saturated heterocycles. The van der Waals surface area contributed by atoms with Crippen molar-refractivity contribution in [2.24, 2.45) is 11.8 Å². The number of nitrogens with one attached hydrogen (secondary N) is 1. The minimum atomic E-state index is 0.233. The molecule has 1 aromatic heterocycles. The Morgan fingerprint density at radius 3 is 2.47 bits per heavy atom. The molecule has 0 saturated carbocycles. The van der Waals surface area contributed by atoms with Crippen LogP contribution in [0.4, 0.5) is 0 Å². The van der Waals surface area contributed by atoms with Gasteiger partial charge in [0.05, 0.1) is 12.0 Å². The molecule has 98 valence electrons. The quantitative estimate of drug-likeness (QED) is 0.739. The molecule has 0 aliphatic heterocycles. The lowest BCUT2D eigenvalue weighted by Crippen LogP contribution is -2.24. The lowest BCUT2D eigenvalue weighted by Gasteiger charge is -2.30. The zero-order chi connectivity index (χ0) is 12.9. The van der Waals surface area contributed by atoms with E-state index in [0.717, 1.165) is 18.3 Å². The summed E-state index contributed by atoms with van der Waals surface area (Å²) in [5.41, 5.74) is 1.45. The highest BCUT2D eigenvalue weighted by molar-refractivity contribution is 5.11. The van der Waals surface area contributed by atoms with Gasteiger partial charge in [-0.25, -0.2) is 4.98 Å². The second-order valence-electron chi connectivity index (χ2n) is 6.15. The number of rotatable bonds is 7. The maximum atomic E-state index is 4.45. The van der Waals surface area contributed by atoms with Gasteiger partial charge in [-0.2, -0.15) is 0 Å². The van der Waals surface area contributed by atoms with Crippen LogP contribution in [0.15, 0.2) is 12.5 Å². The molecule has 0 aliphatic rings. The van der Waals surface area contributed by atoms with Crippen LogP contribution < -0.4 is 0 Å². The second-order valence-corrected chi connectivity index (χ2v) is 6.15. The predicted octanol–water partition coefficient (Wildman–Crippen LogP) is 4.54. The molecule has 1 aromatic rings. The number of hydrogen-bond acceptors (Lipinski definition) is 1.